The summed E-state index contributed by atoms with van der Waals surface area (Å²) in [4.78, 5) is 39.7. The third kappa shape index (κ3) is 2.76. The van der Waals surface area contributed by atoms with Crippen molar-refractivity contribution >= 4 is 29.1 Å². The molecule has 1 aromatic carbocycles. The molecule has 1 aromatic rings. The van der Waals surface area contributed by atoms with Crippen molar-refractivity contribution in [3.63, 3.8) is 0 Å². The number of hydrogen-bond acceptors (Lipinski definition) is 8. The number of benzene rings is 1. The van der Waals surface area contributed by atoms with E-state index in [9.17, 15) is 39.9 Å². The van der Waals surface area contributed by atoms with E-state index in [1.165, 1.54) is 19.1 Å². The molecule has 0 saturated heterocycles. The molecule has 0 spiro atoms. The smallest absolute Gasteiger partial charge is 0.230 e. The molecule has 192 valence electrons. The molecule has 0 aromatic heterocycles. The van der Waals surface area contributed by atoms with E-state index in [2.05, 4.69) is 0 Å². The molecule has 7 N–H and O–H groups in total. The van der Waals surface area contributed by atoms with E-state index in [4.69, 9.17) is 17.3 Å². The van der Waals surface area contributed by atoms with Crippen LogP contribution in [-0.4, -0.2) is 66.9 Å². The van der Waals surface area contributed by atoms with E-state index in [0.717, 1.165) is 0 Å². The van der Waals surface area contributed by atoms with Crippen LogP contribution < -0.4 is 5.73 Å². The highest BCUT2D eigenvalue weighted by Gasteiger charge is 2.80. The Balaban J connectivity index is 2.07. The molecule has 10 atom stereocenters. The number of nitrogens with two attached hydrogens (primary N) is 1. The maximum absolute atomic E-state index is 13.8. The zero-order valence-electron chi connectivity index (χ0n) is 20.2. The van der Waals surface area contributed by atoms with Crippen molar-refractivity contribution in [2.24, 2.45) is 40.2 Å². The van der Waals surface area contributed by atoms with E-state index in [-0.39, 0.29) is 21.9 Å². The number of aliphatic hydroxyl groups excluding tert-OH is 3. The van der Waals surface area contributed by atoms with Gasteiger partial charge in [-0.05, 0) is 35.4 Å². The lowest BCUT2D eigenvalue weighted by molar-refractivity contribution is -0.306. The minimum Gasteiger partial charge on any atom is -0.507 e. The Labute approximate surface area is 207 Å². The maximum Gasteiger partial charge on any atom is 0.230 e. The zero-order chi connectivity index (χ0) is 26.6. The Hall–Kier alpha value is -2.04. The topological polar surface area (TPSA) is 178 Å². The van der Waals surface area contributed by atoms with E-state index in [1.54, 1.807) is 27.7 Å². The fraction of sp³-hybridized carbons (Fsp3) is 0.640. The van der Waals surface area contributed by atoms with Gasteiger partial charge in [-0.15, -0.1) is 0 Å². The first-order valence-electron chi connectivity index (χ1n) is 11.7. The van der Waals surface area contributed by atoms with Crippen molar-refractivity contribution in [1.29, 1.82) is 0 Å². The average molecular weight is 510 g/mol. The van der Waals surface area contributed by atoms with Gasteiger partial charge in [0.15, 0.2) is 17.2 Å². The van der Waals surface area contributed by atoms with Crippen LogP contribution in [0.2, 0.25) is 5.02 Å². The number of carbonyl (C=O) groups excluding carboxylic acids is 3. The summed E-state index contributed by atoms with van der Waals surface area (Å²) in [5, 5.41) is 57.6. The predicted molar refractivity (Wildman–Crippen MR) is 125 cm³/mol. The second-order valence-corrected chi connectivity index (χ2v) is 11.6. The van der Waals surface area contributed by atoms with Gasteiger partial charge in [-0.3, -0.25) is 14.4 Å². The normalized spacial score (nSPS) is 45.1. The molecule has 3 aliphatic carbocycles. The molecule has 3 aliphatic rings. The summed E-state index contributed by atoms with van der Waals surface area (Å²) in [6.45, 7) is 8.03. The van der Waals surface area contributed by atoms with Crippen LogP contribution in [0.5, 0.6) is 5.75 Å². The van der Waals surface area contributed by atoms with Crippen LogP contribution in [0.25, 0.3) is 0 Å². The first kappa shape index (κ1) is 26.0. The quantitative estimate of drug-likeness (QED) is 0.316. The number of halogens is 1. The molecule has 0 radical (unpaired) electrons. The van der Waals surface area contributed by atoms with Gasteiger partial charge in [0.05, 0.1) is 23.7 Å². The Bertz CT molecular complexity index is 1140. The molecule has 4 rings (SSSR count). The number of hydrogen-bond donors (Lipinski definition) is 6. The summed E-state index contributed by atoms with van der Waals surface area (Å²) in [5.74, 6) is -9.25. The van der Waals surface area contributed by atoms with Gasteiger partial charge in [0.1, 0.15) is 17.8 Å². The van der Waals surface area contributed by atoms with Crippen LogP contribution >= 0.6 is 11.6 Å². The van der Waals surface area contributed by atoms with E-state index in [0.29, 0.717) is 0 Å². The van der Waals surface area contributed by atoms with Crippen molar-refractivity contribution < 1.29 is 39.9 Å². The highest BCUT2D eigenvalue weighted by molar-refractivity contribution is 6.32. The average Bonchev–Trinajstić information content (AvgIpc) is 2.75. The number of carbonyl (C=O) groups is 3. The Morgan fingerprint density at radius 3 is 2.23 bits per heavy atom. The minimum atomic E-state index is -2.80. The standard InChI is InChI=1S/C25H32ClNO8/c1-8(2)15-18(30)14(21(27)33)19(31)25(35)20(32)16-17(29)13-11(28)7-6-10(26)12(13)9(3)23(16,4)22(34)24(15,25)5/h6-9,14-16,18,20,22,28,30,32,34-35H,1-5H3,(H2,27,33)/t9-,14-,15+,16-,18?,20?,22-,23+,24+,25+/m1/s1. The number of phenols is 1. The van der Waals surface area contributed by atoms with Gasteiger partial charge in [0.25, 0.3) is 0 Å². The molecular formula is C25H32ClNO8. The van der Waals surface area contributed by atoms with Gasteiger partial charge >= 0.3 is 0 Å². The van der Waals surface area contributed by atoms with E-state index in [1.807, 2.05) is 0 Å². The number of amides is 1. The molecule has 0 heterocycles. The summed E-state index contributed by atoms with van der Waals surface area (Å²) >= 11 is 6.43. The molecule has 0 bridgehead atoms. The third-order valence-corrected chi connectivity index (χ3v) is 9.87. The highest BCUT2D eigenvalue weighted by atomic mass is 35.5. The number of primary amides is 1. The second-order valence-electron chi connectivity index (χ2n) is 11.2. The SMILES string of the molecule is CC(C)[C@H]1C(O)[C@@H](C(N)=O)C(=O)[C@]2(O)C(O)[C@H]3C(=O)c4c(O)ccc(Cl)c4[C@@H](C)[C@]3(C)[C@@H](O)[C@]12C. The molecule has 2 fully saturated rings. The molecular weight excluding hydrogens is 478 g/mol. The lowest BCUT2D eigenvalue weighted by Gasteiger charge is -2.69. The summed E-state index contributed by atoms with van der Waals surface area (Å²) in [6, 6.07) is 2.66. The highest BCUT2D eigenvalue weighted by Crippen LogP contribution is 2.68. The fourth-order valence-electron chi connectivity index (χ4n) is 7.77. The number of ketones is 2. The molecule has 9 nitrogen and oxygen atoms in total. The molecule has 1 amide bonds. The summed E-state index contributed by atoms with van der Waals surface area (Å²) in [7, 11) is 0. The van der Waals surface area contributed by atoms with Crippen molar-refractivity contribution in [3.05, 3.63) is 28.3 Å². The van der Waals surface area contributed by atoms with Crippen LogP contribution in [0.3, 0.4) is 0 Å². The first-order valence-corrected chi connectivity index (χ1v) is 12.1. The number of rotatable bonds is 2. The number of phenolic OH excluding ortho intramolecular Hbond substituents is 1. The largest absolute Gasteiger partial charge is 0.507 e. The molecule has 2 saturated carbocycles. The van der Waals surface area contributed by atoms with Crippen LogP contribution in [0.1, 0.15) is 56.5 Å². The van der Waals surface area contributed by atoms with Crippen LogP contribution in [-0.2, 0) is 9.59 Å². The summed E-state index contributed by atoms with van der Waals surface area (Å²) in [6.07, 6.45) is -5.34. The van der Waals surface area contributed by atoms with Crippen molar-refractivity contribution in [3.8, 4) is 5.75 Å². The molecule has 10 heteroatoms. The molecule has 35 heavy (non-hydrogen) atoms. The van der Waals surface area contributed by atoms with Crippen molar-refractivity contribution in [2.75, 3.05) is 0 Å². The van der Waals surface area contributed by atoms with Gasteiger partial charge < -0.3 is 31.3 Å². The van der Waals surface area contributed by atoms with Gasteiger partial charge in [-0.25, -0.2) is 0 Å². The number of aromatic hydroxyl groups is 1. The van der Waals surface area contributed by atoms with E-state index < -0.39 is 81.8 Å². The van der Waals surface area contributed by atoms with Gasteiger partial charge in [0.2, 0.25) is 5.91 Å². The van der Waals surface area contributed by atoms with Crippen LogP contribution in [0.4, 0.5) is 0 Å². The Morgan fingerprint density at radius 2 is 1.71 bits per heavy atom. The lowest BCUT2D eigenvalue weighted by Crippen LogP contribution is -2.83. The number of fused-ring (bicyclic) bond motifs is 3. The zero-order valence-corrected chi connectivity index (χ0v) is 20.9. The Morgan fingerprint density at radius 1 is 1.14 bits per heavy atom. The van der Waals surface area contributed by atoms with Crippen LogP contribution in [0.15, 0.2) is 12.1 Å². The van der Waals surface area contributed by atoms with E-state index >= 15 is 0 Å². The van der Waals surface area contributed by atoms with Crippen LogP contribution in [0, 0.1) is 34.5 Å². The number of aliphatic hydroxyl groups is 4. The fourth-order valence-corrected chi connectivity index (χ4v) is 8.10. The first-order chi connectivity index (χ1) is 16.0. The second kappa shape index (κ2) is 7.73. The summed E-state index contributed by atoms with van der Waals surface area (Å²) < 4.78 is 0. The minimum absolute atomic E-state index is 0.152. The van der Waals surface area contributed by atoms with Gasteiger partial charge in [-0.1, -0.05) is 46.2 Å². The predicted octanol–water partition coefficient (Wildman–Crippen LogP) is 0.758. The summed E-state index contributed by atoms with van der Waals surface area (Å²) in [5.41, 5.74) is -0.597. The Kier molecular flexibility index (Phi) is 5.75. The molecule has 2 unspecified atom stereocenters. The van der Waals surface area contributed by atoms with Crippen molar-refractivity contribution in [2.45, 2.75) is 64.4 Å². The lowest BCUT2D eigenvalue weighted by atomic mass is 9.36. The van der Waals surface area contributed by atoms with Gasteiger partial charge in [-0.2, -0.15) is 0 Å². The monoisotopic (exact) mass is 509 g/mol. The molecule has 0 aliphatic heterocycles. The number of Topliss-reactive ketones (excluding diaryl/α,β-unsaturated/α-hetero) is 2. The van der Waals surface area contributed by atoms with Gasteiger partial charge in [0, 0.05) is 15.9 Å². The third-order valence-electron chi connectivity index (χ3n) is 9.54. The van der Waals surface area contributed by atoms with Crippen molar-refractivity contribution in [1.82, 2.24) is 0 Å². The maximum atomic E-state index is 13.8.